The van der Waals surface area contributed by atoms with Gasteiger partial charge in [-0.3, -0.25) is 9.69 Å². The molecule has 0 unspecified atom stereocenters. The molecule has 0 aromatic heterocycles. The van der Waals surface area contributed by atoms with Crippen molar-refractivity contribution in [3.8, 4) is 5.75 Å². The van der Waals surface area contributed by atoms with Gasteiger partial charge in [-0.25, -0.2) is 0 Å². The minimum atomic E-state index is -0.0899. The van der Waals surface area contributed by atoms with Crippen molar-refractivity contribution in [3.05, 3.63) is 60.2 Å². The second-order valence-electron chi connectivity index (χ2n) is 7.15. The lowest BCUT2D eigenvalue weighted by atomic mass is 10.0. The molecule has 5 nitrogen and oxygen atoms in total. The molecule has 1 aliphatic heterocycles. The summed E-state index contributed by atoms with van der Waals surface area (Å²) < 4.78 is 5.54. The summed E-state index contributed by atoms with van der Waals surface area (Å²) in [5.41, 5.74) is 2.42. The topological polar surface area (TPSA) is 44.8 Å². The second kappa shape index (κ2) is 9.42. The van der Waals surface area contributed by atoms with Crippen LogP contribution in [-0.2, 0) is 4.79 Å². The number of para-hydroxylation sites is 1. The average molecular weight is 367 g/mol. The lowest BCUT2D eigenvalue weighted by Crippen LogP contribution is -2.38. The Morgan fingerprint density at radius 1 is 1.07 bits per heavy atom. The van der Waals surface area contributed by atoms with Crippen molar-refractivity contribution in [2.24, 2.45) is 0 Å². The summed E-state index contributed by atoms with van der Waals surface area (Å²) in [7, 11) is 4.08. The summed E-state index contributed by atoms with van der Waals surface area (Å²) in [6.45, 7) is 2.79. The number of ether oxygens (including phenoxy) is 1. The van der Waals surface area contributed by atoms with E-state index in [0.29, 0.717) is 12.3 Å². The SMILES string of the molecule is CN(C)c1ccc([C@@H](CNC(=O)COc2ccccc2)N2CCCC2)cc1. The van der Waals surface area contributed by atoms with E-state index in [0.717, 1.165) is 13.1 Å². The van der Waals surface area contributed by atoms with Gasteiger partial charge >= 0.3 is 0 Å². The third-order valence-electron chi connectivity index (χ3n) is 4.98. The van der Waals surface area contributed by atoms with Gasteiger partial charge in [0.2, 0.25) is 0 Å². The van der Waals surface area contributed by atoms with Crippen LogP contribution in [0.15, 0.2) is 54.6 Å². The van der Waals surface area contributed by atoms with Crippen LogP contribution in [0.25, 0.3) is 0 Å². The fourth-order valence-corrected chi connectivity index (χ4v) is 3.43. The third-order valence-corrected chi connectivity index (χ3v) is 4.98. The second-order valence-corrected chi connectivity index (χ2v) is 7.15. The highest BCUT2D eigenvalue weighted by molar-refractivity contribution is 5.77. The molecule has 1 saturated heterocycles. The van der Waals surface area contributed by atoms with Gasteiger partial charge in [-0.1, -0.05) is 30.3 Å². The molecular formula is C22H29N3O2. The Morgan fingerprint density at radius 2 is 1.74 bits per heavy atom. The molecule has 1 fully saturated rings. The van der Waals surface area contributed by atoms with Crippen molar-refractivity contribution in [1.82, 2.24) is 10.2 Å². The lowest BCUT2D eigenvalue weighted by Gasteiger charge is -2.28. The van der Waals surface area contributed by atoms with E-state index in [1.165, 1.54) is 24.1 Å². The van der Waals surface area contributed by atoms with Crippen molar-refractivity contribution < 1.29 is 9.53 Å². The number of amides is 1. The maximum absolute atomic E-state index is 12.2. The minimum Gasteiger partial charge on any atom is -0.484 e. The molecule has 5 heteroatoms. The van der Waals surface area contributed by atoms with E-state index in [2.05, 4.69) is 39.4 Å². The van der Waals surface area contributed by atoms with Crippen molar-refractivity contribution in [2.75, 3.05) is 45.2 Å². The van der Waals surface area contributed by atoms with Crippen LogP contribution in [0.1, 0.15) is 24.4 Å². The molecule has 0 bridgehead atoms. The quantitative estimate of drug-likeness (QED) is 0.779. The van der Waals surface area contributed by atoms with Crippen LogP contribution in [0.4, 0.5) is 5.69 Å². The number of rotatable bonds is 8. The van der Waals surface area contributed by atoms with Gasteiger partial charge in [-0.05, 0) is 55.8 Å². The number of hydrogen-bond donors (Lipinski definition) is 1. The summed E-state index contributed by atoms with van der Waals surface area (Å²) in [5.74, 6) is 0.621. The fraction of sp³-hybridized carbons (Fsp3) is 0.409. The van der Waals surface area contributed by atoms with Crippen molar-refractivity contribution in [1.29, 1.82) is 0 Å². The Hall–Kier alpha value is -2.53. The highest BCUT2D eigenvalue weighted by Gasteiger charge is 2.24. The van der Waals surface area contributed by atoms with E-state index in [1.807, 2.05) is 44.4 Å². The molecular weight excluding hydrogens is 338 g/mol. The monoisotopic (exact) mass is 367 g/mol. The predicted octanol–water partition coefficient (Wildman–Crippen LogP) is 3.08. The van der Waals surface area contributed by atoms with E-state index >= 15 is 0 Å². The number of hydrogen-bond acceptors (Lipinski definition) is 4. The number of likely N-dealkylation sites (tertiary alicyclic amines) is 1. The standard InChI is InChI=1S/C22H29N3O2/c1-24(2)19-12-10-18(11-13-19)21(25-14-6-7-15-25)16-23-22(26)17-27-20-8-4-3-5-9-20/h3-5,8-13,21H,6-7,14-17H2,1-2H3,(H,23,26)/t21-/m1/s1. The lowest BCUT2D eigenvalue weighted by molar-refractivity contribution is -0.123. The van der Waals surface area contributed by atoms with Gasteiger partial charge in [-0.2, -0.15) is 0 Å². The van der Waals surface area contributed by atoms with Crippen LogP contribution in [0.3, 0.4) is 0 Å². The first-order chi connectivity index (χ1) is 13.1. The zero-order valence-corrected chi connectivity index (χ0v) is 16.2. The molecule has 1 N–H and O–H groups in total. The van der Waals surface area contributed by atoms with Gasteiger partial charge in [0.15, 0.2) is 6.61 Å². The Balaban J connectivity index is 1.59. The number of anilines is 1. The summed E-state index contributed by atoms with van der Waals surface area (Å²) in [5, 5.41) is 3.05. The van der Waals surface area contributed by atoms with E-state index in [1.54, 1.807) is 0 Å². The molecule has 27 heavy (non-hydrogen) atoms. The Morgan fingerprint density at radius 3 is 2.37 bits per heavy atom. The first-order valence-electron chi connectivity index (χ1n) is 9.59. The first kappa shape index (κ1) is 19.2. The number of nitrogens with one attached hydrogen (secondary N) is 1. The van der Waals surface area contributed by atoms with Crippen LogP contribution in [0, 0.1) is 0 Å². The molecule has 0 spiro atoms. The summed E-state index contributed by atoms with van der Waals surface area (Å²) >= 11 is 0. The molecule has 0 aliphatic carbocycles. The van der Waals surface area contributed by atoms with Crippen LogP contribution in [0.2, 0.25) is 0 Å². The average Bonchev–Trinajstić information content (AvgIpc) is 3.22. The normalized spacial score (nSPS) is 15.3. The maximum atomic E-state index is 12.2. The number of carbonyl (C=O) groups excluding carboxylic acids is 1. The van der Waals surface area contributed by atoms with E-state index in [-0.39, 0.29) is 18.6 Å². The van der Waals surface area contributed by atoms with Gasteiger partial charge in [0, 0.05) is 26.3 Å². The van der Waals surface area contributed by atoms with E-state index in [9.17, 15) is 4.79 Å². The number of benzene rings is 2. The van der Waals surface area contributed by atoms with Crippen molar-refractivity contribution >= 4 is 11.6 Å². The number of carbonyl (C=O) groups is 1. The van der Waals surface area contributed by atoms with Crippen molar-refractivity contribution in [3.63, 3.8) is 0 Å². The third kappa shape index (κ3) is 5.47. The molecule has 0 saturated carbocycles. The molecule has 0 radical (unpaired) electrons. The Bertz CT molecular complexity index is 710. The first-order valence-corrected chi connectivity index (χ1v) is 9.59. The van der Waals surface area contributed by atoms with Crippen LogP contribution in [-0.4, -0.2) is 51.1 Å². The van der Waals surface area contributed by atoms with Gasteiger partial charge in [0.25, 0.3) is 5.91 Å². The molecule has 3 rings (SSSR count). The fourth-order valence-electron chi connectivity index (χ4n) is 3.43. The Labute approximate surface area is 161 Å². The highest BCUT2D eigenvalue weighted by atomic mass is 16.5. The zero-order valence-electron chi connectivity index (χ0n) is 16.2. The number of nitrogens with zero attached hydrogens (tertiary/aromatic N) is 2. The Kier molecular flexibility index (Phi) is 6.71. The van der Waals surface area contributed by atoms with E-state index < -0.39 is 0 Å². The molecule has 1 atom stereocenters. The molecule has 144 valence electrons. The van der Waals surface area contributed by atoms with Crippen LogP contribution in [0.5, 0.6) is 5.75 Å². The van der Waals surface area contributed by atoms with Gasteiger partial charge < -0.3 is 15.0 Å². The van der Waals surface area contributed by atoms with Gasteiger partial charge in [0.1, 0.15) is 5.75 Å². The summed E-state index contributed by atoms with van der Waals surface area (Å²) in [4.78, 5) is 16.8. The smallest absolute Gasteiger partial charge is 0.258 e. The summed E-state index contributed by atoms with van der Waals surface area (Å²) in [6, 6.07) is 18.2. The van der Waals surface area contributed by atoms with Crippen LogP contribution < -0.4 is 15.0 Å². The highest BCUT2D eigenvalue weighted by Crippen LogP contribution is 2.26. The van der Waals surface area contributed by atoms with Crippen molar-refractivity contribution in [2.45, 2.75) is 18.9 Å². The summed E-state index contributed by atoms with van der Waals surface area (Å²) in [6.07, 6.45) is 2.44. The maximum Gasteiger partial charge on any atom is 0.258 e. The molecule has 1 amide bonds. The minimum absolute atomic E-state index is 0.0380. The zero-order chi connectivity index (χ0) is 19.1. The van der Waals surface area contributed by atoms with Gasteiger partial charge in [0.05, 0.1) is 6.04 Å². The molecule has 2 aromatic carbocycles. The predicted molar refractivity (Wildman–Crippen MR) is 109 cm³/mol. The molecule has 2 aromatic rings. The molecule has 1 heterocycles. The van der Waals surface area contributed by atoms with Crippen LogP contribution >= 0.6 is 0 Å². The van der Waals surface area contributed by atoms with E-state index in [4.69, 9.17) is 4.74 Å². The largest absolute Gasteiger partial charge is 0.484 e. The molecule has 1 aliphatic rings. The van der Waals surface area contributed by atoms with Gasteiger partial charge in [-0.15, -0.1) is 0 Å².